The quantitative estimate of drug-likeness (QED) is 0.304. The Balaban J connectivity index is 2.67. The van der Waals surface area contributed by atoms with Crippen molar-refractivity contribution in [3.8, 4) is 11.5 Å². The highest BCUT2D eigenvalue weighted by Gasteiger charge is 2.43. The van der Waals surface area contributed by atoms with Crippen LogP contribution in [0.3, 0.4) is 0 Å². The van der Waals surface area contributed by atoms with Crippen molar-refractivity contribution >= 4 is 21.6 Å². The average Bonchev–Trinajstić information content (AvgIpc) is 2.61. The summed E-state index contributed by atoms with van der Waals surface area (Å²) in [7, 11) is -4.92. The van der Waals surface area contributed by atoms with E-state index in [9.17, 15) is 54.1 Å². The number of carbonyl (C=O) groups is 1. The van der Waals surface area contributed by atoms with Crippen LogP contribution in [0.25, 0.3) is 0 Å². The second-order valence-corrected chi connectivity index (χ2v) is 7.26. The molecular weight excluding hydrogens is 469 g/mol. The molecule has 0 saturated heterocycles. The van der Waals surface area contributed by atoms with Crippen molar-refractivity contribution in [2.24, 2.45) is 0 Å². The zero-order chi connectivity index (χ0) is 23.9. The summed E-state index contributed by atoms with van der Waals surface area (Å²) in [5, 5.41) is 11.0. The van der Waals surface area contributed by atoms with Crippen LogP contribution in [0.4, 0.5) is 36.4 Å². The fraction of sp³-hybridized carbons (Fsp3) is 0.133. The van der Waals surface area contributed by atoms with Crippen LogP contribution in [0.2, 0.25) is 0 Å². The number of sulfonamides is 1. The first-order valence-electron chi connectivity index (χ1n) is 7.50. The van der Waals surface area contributed by atoms with E-state index < -0.39 is 77.9 Å². The maximum Gasteiger partial charge on any atom is 0.422 e. The molecule has 0 bridgehead atoms. The second-order valence-electron chi connectivity index (χ2n) is 5.61. The number of amides is 1. The number of hydrogen-bond acceptors (Lipinski definition) is 6. The van der Waals surface area contributed by atoms with E-state index in [0.29, 0.717) is 12.1 Å². The summed E-state index contributed by atoms with van der Waals surface area (Å²) >= 11 is 0. The van der Waals surface area contributed by atoms with Crippen molar-refractivity contribution in [1.82, 2.24) is 4.72 Å². The van der Waals surface area contributed by atoms with Gasteiger partial charge in [0.05, 0.1) is 4.92 Å². The Kier molecular flexibility index (Phi) is 6.16. The van der Waals surface area contributed by atoms with Crippen LogP contribution in [0, 0.1) is 33.4 Å². The Morgan fingerprint density at radius 3 is 2.00 bits per heavy atom. The van der Waals surface area contributed by atoms with Gasteiger partial charge in [-0.1, -0.05) is 0 Å². The van der Waals surface area contributed by atoms with E-state index in [2.05, 4.69) is 4.74 Å². The Labute approximate surface area is 167 Å². The summed E-state index contributed by atoms with van der Waals surface area (Å²) in [6.45, 7) is 0.738. The summed E-state index contributed by atoms with van der Waals surface area (Å²) < 4.78 is 123. The van der Waals surface area contributed by atoms with E-state index in [-0.39, 0.29) is 6.07 Å². The Morgan fingerprint density at radius 2 is 1.58 bits per heavy atom. The average molecular weight is 476 g/mol. The number of nitro benzene ring substituents is 1. The van der Waals surface area contributed by atoms with Crippen molar-refractivity contribution in [3.63, 3.8) is 0 Å². The molecule has 0 heterocycles. The van der Waals surface area contributed by atoms with Crippen molar-refractivity contribution in [1.29, 1.82) is 0 Å². The van der Waals surface area contributed by atoms with E-state index in [0.717, 1.165) is 6.92 Å². The molecule has 168 valence electrons. The number of nitrogens with one attached hydrogen (secondary N) is 1. The first kappa shape index (κ1) is 23.8. The minimum atomic E-state index is -5.80. The number of alkyl halides is 3. The molecule has 8 nitrogen and oxygen atoms in total. The molecule has 0 aromatic heterocycles. The van der Waals surface area contributed by atoms with Gasteiger partial charge in [-0.3, -0.25) is 14.9 Å². The third-order valence-electron chi connectivity index (χ3n) is 3.42. The van der Waals surface area contributed by atoms with Crippen LogP contribution in [-0.2, 0) is 21.0 Å². The monoisotopic (exact) mass is 476 g/mol. The van der Waals surface area contributed by atoms with Crippen LogP contribution in [0.5, 0.6) is 11.5 Å². The van der Waals surface area contributed by atoms with Crippen molar-refractivity contribution < 1.29 is 53.6 Å². The molecule has 0 atom stereocenters. The lowest BCUT2D eigenvalue weighted by Crippen LogP contribution is -2.28. The van der Waals surface area contributed by atoms with Gasteiger partial charge in [-0.25, -0.2) is 21.9 Å². The van der Waals surface area contributed by atoms with E-state index >= 15 is 0 Å². The van der Waals surface area contributed by atoms with Crippen molar-refractivity contribution in [2.75, 3.05) is 0 Å². The van der Waals surface area contributed by atoms with Gasteiger partial charge in [-0.15, -0.1) is 0 Å². The normalized spacial score (nSPS) is 11.9. The van der Waals surface area contributed by atoms with Gasteiger partial charge in [0.15, 0.2) is 16.5 Å². The number of rotatable bonds is 5. The molecule has 0 fully saturated rings. The molecule has 0 aliphatic rings. The van der Waals surface area contributed by atoms with Crippen LogP contribution in [0.1, 0.15) is 12.5 Å². The third kappa shape index (κ3) is 4.68. The van der Waals surface area contributed by atoms with Gasteiger partial charge in [0, 0.05) is 19.1 Å². The Hall–Kier alpha value is -3.43. The van der Waals surface area contributed by atoms with Crippen molar-refractivity contribution in [2.45, 2.75) is 18.0 Å². The number of nitrogens with zero attached hydrogens (tertiary/aromatic N) is 1. The summed E-state index contributed by atoms with van der Waals surface area (Å²) in [6.07, 6.45) is -5.80. The predicted octanol–water partition coefficient (Wildman–Crippen LogP) is 3.79. The molecule has 2 rings (SSSR count). The van der Waals surface area contributed by atoms with E-state index in [1.54, 1.807) is 0 Å². The fourth-order valence-electron chi connectivity index (χ4n) is 2.24. The van der Waals surface area contributed by atoms with Gasteiger partial charge in [-0.2, -0.15) is 22.0 Å². The lowest BCUT2D eigenvalue weighted by atomic mass is 10.1. The first-order valence-corrected chi connectivity index (χ1v) is 8.99. The highest BCUT2D eigenvalue weighted by atomic mass is 32.2. The minimum Gasteiger partial charge on any atom is -0.451 e. The highest BCUT2D eigenvalue weighted by molar-refractivity contribution is 7.90. The summed E-state index contributed by atoms with van der Waals surface area (Å²) in [5.74, 6) is -15.1. The number of ether oxygens (including phenoxy) is 1. The molecule has 0 radical (unpaired) electrons. The van der Waals surface area contributed by atoms with Crippen LogP contribution in [0.15, 0.2) is 23.1 Å². The fourth-order valence-corrected chi connectivity index (χ4v) is 3.41. The van der Waals surface area contributed by atoms with Crippen LogP contribution in [-0.4, -0.2) is 19.2 Å². The summed E-state index contributed by atoms with van der Waals surface area (Å²) in [4.78, 5) is 19.6. The molecule has 0 aliphatic heterocycles. The Morgan fingerprint density at radius 1 is 1.06 bits per heavy atom. The number of benzene rings is 2. The zero-order valence-corrected chi connectivity index (χ0v) is 15.5. The van der Waals surface area contributed by atoms with Gasteiger partial charge in [-0.05, 0) is 6.07 Å². The molecule has 2 aromatic rings. The van der Waals surface area contributed by atoms with Gasteiger partial charge in [0.25, 0.3) is 15.7 Å². The third-order valence-corrected chi connectivity index (χ3v) is 4.88. The standard InChI is InChI=1S/C15H7F7N2O6S/c1-5(25)23-31(28,29)8-4-6(2-3-7(8)24(26)27)30-14-12(18)10(16)9(15(20,21)22)11(17)13(14)19/h2-4H,1H3,(H,23,25). The number of nitro groups is 1. The number of halogens is 7. The maximum atomic E-state index is 13.9. The largest absolute Gasteiger partial charge is 0.451 e. The maximum absolute atomic E-state index is 13.9. The summed E-state index contributed by atoms with van der Waals surface area (Å²) in [5.41, 5.74) is -4.00. The Bertz CT molecular complexity index is 1170. The summed E-state index contributed by atoms with van der Waals surface area (Å²) in [6, 6.07) is 1.24. The molecule has 2 aromatic carbocycles. The number of hydrogen-bond donors (Lipinski definition) is 1. The van der Waals surface area contributed by atoms with E-state index in [1.807, 2.05) is 0 Å². The van der Waals surface area contributed by atoms with Gasteiger partial charge >= 0.3 is 6.18 Å². The molecule has 0 spiro atoms. The molecule has 0 saturated carbocycles. The SMILES string of the molecule is CC(=O)NS(=O)(=O)c1cc(Oc2c(F)c(F)c(C(F)(F)F)c(F)c2F)ccc1[N+](=O)[O-]. The molecule has 1 amide bonds. The molecule has 1 N–H and O–H groups in total. The molecule has 0 aliphatic carbocycles. The number of carbonyl (C=O) groups excluding carboxylic acids is 1. The topological polar surface area (TPSA) is 116 Å². The first-order chi connectivity index (χ1) is 14.1. The predicted molar refractivity (Wildman–Crippen MR) is 85.4 cm³/mol. The van der Waals surface area contributed by atoms with Crippen LogP contribution < -0.4 is 9.46 Å². The highest BCUT2D eigenvalue weighted by Crippen LogP contribution is 2.41. The van der Waals surface area contributed by atoms with E-state index in [4.69, 9.17) is 0 Å². The minimum absolute atomic E-state index is 0.260. The van der Waals surface area contributed by atoms with Gasteiger partial charge in [0.2, 0.25) is 23.3 Å². The smallest absolute Gasteiger partial charge is 0.422 e. The molecule has 16 heteroatoms. The lowest BCUT2D eigenvalue weighted by Gasteiger charge is -2.15. The zero-order valence-electron chi connectivity index (χ0n) is 14.7. The van der Waals surface area contributed by atoms with Crippen molar-refractivity contribution in [3.05, 3.63) is 57.1 Å². The second kappa shape index (κ2) is 8.01. The van der Waals surface area contributed by atoms with Gasteiger partial charge < -0.3 is 4.74 Å². The van der Waals surface area contributed by atoms with Gasteiger partial charge in [0.1, 0.15) is 11.3 Å². The lowest BCUT2D eigenvalue weighted by molar-refractivity contribution is -0.387. The molecular formula is C15H7F7N2O6S. The van der Waals surface area contributed by atoms with Crippen LogP contribution >= 0.6 is 0 Å². The van der Waals surface area contributed by atoms with E-state index in [1.165, 1.54) is 4.72 Å². The molecule has 0 unspecified atom stereocenters. The molecule has 31 heavy (non-hydrogen) atoms.